The molecule has 0 aromatic heterocycles. The highest BCUT2D eigenvalue weighted by molar-refractivity contribution is 5.89. The van der Waals surface area contributed by atoms with E-state index in [1.807, 2.05) is 0 Å². The minimum atomic E-state index is -0.812. The number of amides is 1. The second kappa shape index (κ2) is 9.03. The van der Waals surface area contributed by atoms with Crippen LogP contribution < -0.4 is 5.32 Å². The molecule has 0 aliphatic carbocycles. The molecule has 1 saturated heterocycles. The van der Waals surface area contributed by atoms with Gasteiger partial charge >= 0.3 is 5.97 Å². The molecule has 0 saturated carbocycles. The first-order valence-electron chi connectivity index (χ1n) is 7.77. The lowest BCUT2D eigenvalue weighted by atomic mass is 9.98. The van der Waals surface area contributed by atoms with Crippen LogP contribution in [-0.2, 0) is 19.0 Å². The van der Waals surface area contributed by atoms with Gasteiger partial charge in [-0.1, -0.05) is 23.3 Å². The molecule has 1 aliphatic rings. The van der Waals surface area contributed by atoms with E-state index in [1.54, 1.807) is 30.3 Å². The fourth-order valence-corrected chi connectivity index (χ4v) is 2.67. The summed E-state index contributed by atoms with van der Waals surface area (Å²) in [6.45, 7) is 1.31. The third-order valence-corrected chi connectivity index (χ3v) is 3.76. The van der Waals surface area contributed by atoms with E-state index in [2.05, 4.69) is 15.3 Å². The Morgan fingerprint density at radius 3 is 2.72 bits per heavy atom. The summed E-state index contributed by atoms with van der Waals surface area (Å²) < 4.78 is 16.5. The largest absolute Gasteiger partial charge is 0.454 e. The minimum absolute atomic E-state index is 0.0564. The van der Waals surface area contributed by atoms with Crippen molar-refractivity contribution in [1.29, 1.82) is 0 Å². The van der Waals surface area contributed by atoms with Gasteiger partial charge in [-0.3, -0.25) is 4.79 Å². The average molecular weight is 348 g/mol. The molecule has 9 heteroatoms. The SMILES string of the molecule is CO[C@@H]1C[C@@H](NC(C)=O)[C@@H](OC(=O)c2ccccc2)[C@@H](CN=[N+]=[N-])O1. The number of ether oxygens (including phenoxy) is 3. The molecule has 0 spiro atoms. The lowest BCUT2D eigenvalue weighted by molar-refractivity contribution is -0.217. The number of azide groups is 1. The first-order valence-corrected chi connectivity index (χ1v) is 7.77. The number of rotatable bonds is 6. The van der Waals surface area contributed by atoms with Crippen molar-refractivity contribution in [2.45, 2.75) is 37.9 Å². The van der Waals surface area contributed by atoms with Gasteiger partial charge in [0.15, 0.2) is 6.29 Å². The monoisotopic (exact) mass is 348 g/mol. The van der Waals surface area contributed by atoms with Gasteiger partial charge in [0.05, 0.1) is 18.2 Å². The van der Waals surface area contributed by atoms with Crippen molar-refractivity contribution in [3.8, 4) is 0 Å². The summed E-state index contributed by atoms with van der Waals surface area (Å²) in [5, 5.41) is 6.25. The lowest BCUT2D eigenvalue weighted by Crippen LogP contribution is -2.58. The van der Waals surface area contributed by atoms with Crippen molar-refractivity contribution in [3.63, 3.8) is 0 Å². The maximum Gasteiger partial charge on any atom is 0.338 e. The van der Waals surface area contributed by atoms with Crippen LogP contribution in [0, 0.1) is 0 Å². The lowest BCUT2D eigenvalue weighted by Gasteiger charge is -2.40. The summed E-state index contributed by atoms with van der Waals surface area (Å²) in [5.74, 6) is -0.823. The molecule has 2 rings (SSSR count). The van der Waals surface area contributed by atoms with E-state index >= 15 is 0 Å². The Balaban J connectivity index is 2.22. The quantitative estimate of drug-likeness (QED) is 0.363. The number of hydrogen-bond donors (Lipinski definition) is 1. The fourth-order valence-electron chi connectivity index (χ4n) is 2.67. The Morgan fingerprint density at radius 1 is 1.40 bits per heavy atom. The number of nitrogens with zero attached hydrogens (tertiary/aromatic N) is 3. The van der Waals surface area contributed by atoms with Gasteiger partial charge < -0.3 is 19.5 Å². The Hall–Kier alpha value is -2.61. The molecule has 1 aliphatic heterocycles. The number of nitrogens with one attached hydrogen (secondary N) is 1. The van der Waals surface area contributed by atoms with E-state index in [1.165, 1.54) is 14.0 Å². The van der Waals surface area contributed by atoms with Crippen molar-refractivity contribution in [3.05, 3.63) is 46.3 Å². The number of methoxy groups -OCH3 is 1. The molecule has 4 atom stereocenters. The molecule has 1 amide bonds. The maximum absolute atomic E-state index is 12.4. The minimum Gasteiger partial charge on any atom is -0.454 e. The van der Waals surface area contributed by atoms with Gasteiger partial charge in [-0.2, -0.15) is 0 Å². The van der Waals surface area contributed by atoms with Crippen molar-refractivity contribution < 1.29 is 23.8 Å². The molecule has 1 heterocycles. The van der Waals surface area contributed by atoms with Crippen molar-refractivity contribution in [2.24, 2.45) is 5.11 Å². The van der Waals surface area contributed by atoms with E-state index in [0.29, 0.717) is 12.0 Å². The van der Waals surface area contributed by atoms with E-state index in [9.17, 15) is 9.59 Å². The van der Waals surface area contributed by atoms with Crippen molar-refractivity contribution in [2.75, 3.05) is 13.7 Å². The van der Waals surface area contributed by atoms with Crippen LogP contribution in [0.25, 0.3) is 10.4 Å². The predicted octanol–water partition coefficient (Wildman–Crippen LogP) is 1.79. The first kappa shape index (κ1) is 18.7. The summed E-state index contributed by atoms with van der Waals surface area (Å²) in [6, 6.07) is 7.95. The molecule has 1 fully saturated rings. The Bertz CT molecular complexity index is 633. The number of carbonyl (C=O) groups excluding carboxylic acids is 2. The van der Waals surface area contributed by atoms with Gasteiger partial charge in [0.25, 0.3) is 0 Å². The van der Waals surface area contributed by atoms with Crippen LogP contribution in [0.1, 0.15) is 23.7 Å². The van der Waals surface area contributed by atoms with Gasteiger partial charge in [0.1, 0.15) is 12.2 Å². The fraction of sp³-hybridized carbons (Fsp3) is 0.500. The molecule has 0 radical (unpaired) electrons. The van der Waals surface area contributed by atoms with E-state index in [4.69, 9.17) is 19.7 Å². The topological polar surface area (TPSA) is 123 Å². The highest BCUT2D eigenvalue weighted by atomic mass is 16.7. The third-order valence-electron chi connectivity index (χ3n) is 3.76. The molecule has 0 unspecified atom stereocenters. The van der Waals surface area contributed by atoms with Gasteiger partial charge in [-0.15, -0.1) is 0 Å². The van der Waals surface area contributed by atoms with Gasteiger partial charge in [0, 0.05) is 25.4 Å². The Morgan fingerprint density at radius 2 is 2.12 bits per heavy atom. The number of carbonyl (C=O) groups is 2. The molecule has 25 heavy (non-hydrogen) atoms. The third kappa shape index (κ3) is 5.18. The Kier molecular flexibility index (Phi) is 6.76. The first-order chi connectivity index (χ1) is 12.0. The average Bonchev–Trinajstić information content (AvgIpc) is 2.61. The highest BCUT2D eigenvalue weighted by Crippen LogP contribution is 2.25. The zero-order valence-electron chi connectivity index (χ0n) is 14.0. The van der Waals surface area contributed by atoms with E-state index in [0.717, 1.165) is 0 Å². The van der Waals surface area contributed by atoms with Crippen molar-refractivity contribution in [1.82, 2.24) is 5.32 Å². The standard InChI is InChI=1S/C16H20N4O5/c1-10(21)19-12-8-14(23-2)24-13(9-18-20-17)15(12)25-16(22)11-6-4-3-5-7-11/h3-7,12-15H,8-9H2,1-2H3,(H,19,21)/t12-,13-,14+,15-/m1/s1. The van der Waals surface area contributed by atoms with Crippen LogP contribution in [0.3, 0.4) is 0 Å². The van der Waals surface area contributed by atoms with Crippen LogP contribution in [0.15, 0.2) is 35.4 Å². The second-order valence-electron chi connectivity index (χ2n) is 5.53. The normalized spacial score (nSPS) is 25.5. The van der Waals surface area contributed by atoms with Gasteiger partial charge in [-0.05, 0) is 17.7 Å². The highest BCUT2D eigenvalue weighted by Gasteiger charge is 2.41. The van der Waals surface area contributed by atoms with Crippen LogP contribution in [-0.4, -0.2) is 50.1 Å². The molecule has 9 nitrogen and oxygen atoms in total. The number of hydrogen-bond acceptors (Lipinski definition) is 6. The summed E-state index contributed by atoms with van der Waals surface area (Å²) in [4.78, 5) is 26.6. The van der Waals surface area contributed by atoms with Gasteiger partial charge in [0.2, 0.25) is 5.91 Å². The van der Waals surface area contributed by atoms with E-state index in [-0.39, 0.29) is 12.5 Å². The smallest absolute Gasteiger partial charge is 0.338 e. The summed E-state index contributed by atoms with van der Waals surface area (Å²) in [6.07, 6.45) is -1.86. The molecule has 134 valence electrons. The van der Waals surface area contributed by atoms with Crippen molar-refractivity contribution >= 4 is 11.9 Å². The zero-order valence-corrected chi connectivity index (χ0v) is 14.0. The van der Waals surface area contributed by atoms with E-state index < -0.39 is 30.5 Å². The maximum atomic E-state index is 12.4. The summed E-state index contributed by atoms with van der Waals surface area (Å²) >= 11 is 0. The molecular weight excluding hydrogens is 328 g/mol. The van der Waals surface area contributed by atoms with Crippen LogP contribution in [0.4, 0.5) is 0 Å². The van der Waals surface area contributed by atoms with Crippen LogP contribution >= 0.6 is 0 Å². The number of esters is 1. The summed E-state index contributed by atoms with van der Waals surface area (Å²) in [5.41, 5.74) is 8.95. The molecule has 1 N–H and O–H groups in total. The predicted molar refractivity (Wildman–Crippen MR) is 87.6 cm³/mol. The number of benzene rings is 1. The second-order valence-corrected chi connectivity index (χ2v) is 5.53. The van der Waals surface area contributed by atoms with Crippen LogP contribution in [0.2, 0.25) is 0 Å². The zero-order chi connectivity index (χ0) is 18.2. The van der Waals surface area contributed by atoms with Crippen LogP contribution in [0.5, 0.6) is 0 Å². The summed E-state index contributed by atoms with van der Waals surface area (Å²) in [7, 11) is 1.47. The molecule has 1 aromatic rings. The van der Waals surface area contributed by atoms with Gasteiger partial charge in [-0.25, -0.2) is 4.79 Å². The molecule has 1 aromatic carbocycles. The Labute approximate surface area is 144 Å². The molecular formula is C16H20N4O5. The molecule has 0 bridgehead atoms.